The van der Waals surface area contributed by atoms with Crippen LogP contribution in [-0.2, 0) is 18.9 Å². The Morgan fingerprint density at radius 1 is 1.16 bits per heavy atom. The van der Waals surface area contributed by atoms with E-state index < -0.39 is 6.04 Å². The zero-order valence-electron chi connectivity index (χ0n) is 17.6. The zero-order chi connectivity index (χ0) is 21.7. The summed E-state index contributed by atoms with van der Waals surface area (Å²) in [5.41, 5.74) is 2.28. The number of amides is 1. The molecule has 0 aromatic carbocycles. The lowest BCUT2D eigenvalue weighted by Gasteiger charge is -2.39. The molecule has 1 atom stereocenters. The molecule has 1 aliphatic rings. The standard InChI is InChI=1S/C20H21N9OS/c1-5-13-20(30)27(3)14-11-22-17(24-18(14)29(13)15-6-8-26(2)25-15)12-10-23-28(4)16(12)19-21-7-9-31-19/h6-11,13H,5H2,1-4H3. The van der Waals surface area contributed by atoms with E-state index in [1.807, 2.05) is 43.6 Å². The molecule has 0 N–H and O–H groups in total. The Bertz CT molecular complexity index is 1260. The van der Waals surface area contributed by atoms with Gasteiger partial charge in [0.15, 0.2) is 17.5 Å². The Balaban J connectivity index is 1.70. The molecule has 4 aromatic rings. The van der Waals surface area contributed by atoms with Crippen LogP contribution in [0, 0.1) is 0 Å². The predicted octanol–water partition coefficient (Wildman–Crippen LogP) is 2.63. The lowest BCUT2D eigenvalue weighted by Crippen LogP contribution is -2.50. The van der Waals surface area contributed by atoms with Crippen molar-refractivity contribution in [2.75, 3.05) is 16.8 Å². The van der Waals surface area contributed by atoms with Gasteiger partial charge >= 0.3 is 0 Å². The number of nitrogens with zero attached hydrogens (tertiary/aromatic N) is 9. The number of hydrogen-bond donors (Lipinski definition) is 0. The number of aryl methyl sites for hydroxylation is 2. The highest BCUT2D eigenvalue weighted by molar-refractivity contribution is 7.13. The number of thiazole rings is 1. The summed E-state index contributed by atoms with van der Waals surface area (Å²) in [5.74, 6) is 1.83. The van der Waals surface area contributed by atoms with E-state index in [-0.39, 0.29) is 5.91 Å². The Kier molecular flexibility index (Phi) is 4.54. The average Bonchev–Trinajstić information content (AvgIpc) is 3.51. The van der Waals surface area contributed by atoms with Crippen LogP contribution in [0.1, 0.15) is 13.3 Å². The van der Waals surface area contributed by atoms with Crippen LogP contribution < -0.4 is 9.80 Å². The van der Waals surface area contributed by atoms with Crippen LogP contribution in [0.3, 0.4) is 0 Å². The summed E-state index contributed by atoms with van der Waals surface area (Å²) >= 11 is 1.53. The molecule has 1 unspecified atom stereocenters. The highest BCUT2D eigenvalue weighted by Gasteiger charge is 2.39. The van der Waals surface area contributed by atoms with E-state index in [2.05, 4.69) is 20.2 Å². The Labute approximate surface area is 182 Å². The summed E-state index contributed by atoms with van der Waals surface area (Å²) < 4.78 is 3.49. The molecule has 158 valence electrons. The number of rotatable bonds is 4. The highest BCUT2D eigenvalue weighted by Crippen LogP contribution is 2.40. The summed E-state index contributed by atoms with van der Waals surface area (Å²) in [7, 11) is 5.48. The van der Waals surface area contributed by atoms with Gasteiger partial charge < -0.3 is 4.90 Å². The molecule has 5 heterocycles. The molecule has 11 heteroatoms. The van der Waals surface area contributed by atoms with Gasteiger partial charge in [0.1, 0.15) is 22.4 Å². The first kappa shape index (κ1) is 19.4. The molecular weight excluding hydrogens is 414 g/mol. The van der Waals surface area contributed by atoms with Gasteiger partial charge in [-0.3, -0.25) is 19.1 Å². The zero-order valence-corrected chi connectivity index (χ0v) is 18.4. The van der Waals surface area contributed by atoms with Gasteiger partial charge in [0.2, 0.25) is 5.91 Å². The average molecular weight is 436 g/mol. The lowest BCUT2D eigenvalue weighted by atomic mass is 10.1. The van der Waals surface area contributed by atoms with Crippen LogP contribution >= 0.6 is 11.3 Å². The predicted molar refractivity (Wildman–Crippen MR) is 118 cm³/mol. The number of carbonyl (C=O) groups is 1. The first-order valence-electron chi connectivity index (χ1n) is 9.85. The maximum Gasteiger partial charge on any atom is 0.250 e. The minimum Gasteiger partial charge on any atom is -0.309 e. The molecule has 0 fully saturated rings. The summed E-state index contributed by atoms with van der Waals surface area (Å²) in [6.45, 7) is 1.99. The third kappa shape index (κ3) is 3.00. The maximum absolute atomic E-state index is 13.1. The van der Waals surface area contributed by atoms with Crippen LogP contribution in [0.2, 0.25) is 0 Å². The molecule has 0 saturated carbocycles. The lowest BCUT2D eigenvalue weighted by molar-refractivity contribution is -0.119. The van der Waals surface area contributed by atoms with Crippen LogP contribution in [0.25, 0.3) is 22.1 Å². The van der Waals surface area contributed by atoms with Gasteiger partial charge in [-0.1, -0.05) is 6.92 Å². The van der Waals surface area contributed by atoms with E-state index >= 15 is 0 Å². The van der Waals surface area contributed by atoms with Crippen LogP contribution in [0.4, 0.5) is 17.3 Å². The SMILES string of the molecule is CCC1C(=O)N(C)c2cnc(-c3cnn(C)c3-c3nccs3)nc2N1c1ccn(C)n1. The maximum atomic E-state index is 13.1. The van der Waals surface area contributed by atoms with Crippen molar-refractivity contribution < 1.29 is 4.79 Å². The number of anilines is 3. The molecule has 0 aliphatic carbocycles. The van der Waals surface area contributed by atoms with E-state index in [4.69, 9.17) is 4.98 Å². The molecule has 1 aliphatic heterocycles. The van der Waals surface area contributed by atoms with Crippen molar-refractivity contribution in [3.63, 3.8) is 0 Å². The Morgan fingerprint density at radius 3 is 2.68 bits per heavy atom. The van der Waals surface area contributed by atoms with Gasteiger partial charge in [-0.2, -0.15) is 10.2 Å². The van der Waals surface area contributed by atoms with Crippen molar-refractivity contribution in [3.8, 4) is 22.1 Å². The monoisotopic (exact) mass is 435 g/mol. The second kappa shape index (κ2) is 7.27. The molecule has 31 heavy (non-hydrogen) atoms. The molecule has 1 amide bonds. The third-order valence-corrected chi connectivity index (χ3v) is 6.19. The number of likely N-dealkylation sites (N-methyl/N-ethyl adjacent to an activating group) is 1. The molecule has 10 nitrogen and oxygen atoms in total. The molecule has 4 aromatic heterocycles. The number of fused-ring (bicyclic) bond motifs is 1. The van der Waals surface area contributed by atoms with Gasteiger partial charge in [0.25, 0.3) is 0 Å². The smallest absolute Gasteiger partial charge is 0.250 e. The Morgan fingerprint density at radius 2 is 2.00 bits per heavy atom. The van der Waals surface area contributed by atoms with Crippen LogP contribution in [-0.4, -0.2) is 53.5 Å². The first-order chi connectivity index (χ1) is 15.0. The van der Waals surface area contributed by atoms with E-state index in [0.29, 0.717) is 29.6 Å². The van der Waals surface area contributed by atoms with Crippen molar-refractivity contribution in [2.24, 2.45) is 14.1 Å². The number of aromatic nitrogens is 7. The van der Waals surface area contributed by atoms with Crippen LogP contribution in [0.15, 0.2) is 36.2 Å². The number of hydrogen-bond acceptors (Lipinski definition) is 8. The summed E-state index contributed by atoms with van der Waals surface area (Å²) in [4.78, 5) is 30.5. The highest BCUT2D eigenvalue weighted by atomic mass is 32.1. The molecule has 0 bridgehead atoms. The largest absolute Gasteiger partial charge is 0.309 e. The normalized spacial score (nSPS) is 16.1. The van der Waals surface area contributed by atoms with E-state index in [1.165, 1.54) is 11.3 Å². The fraction of sp³-hybridized carbons (Fsp3) is 0.300. The Hall–Kier alpha value is -3.60. The van der Waals surface area contributed by atoms with E-state index in [0.717, 1.165) is 16.3 Å². The summed E-state index contributed by atoms with van der Waals surface area (Å²) in [5, 5.41) is 11.7. The van der Waals surface area contributed by atoms with Gasteiger partial charge in [-0.15, -0.1) is 11.3 Å². The molecule has 5 rings (SSSR count). The topological polar surface area (TPSA) is 97.9 Å². The second-order valence-corrected chi connectivity index (χ2v) is 8.20. The third-order valence-electron chi connectivity index (χ3n) is 5.41. The quantitative estimate of drug-likeness (QED) is 0.486. The van der Waals surface area contributed by atoms with Crippen molar-refractivity contribution >= 4 is 34.6 Å². The van der Waals surface area contributed by atoms with Crippen molar-refractivity contribution in [2.45, 2.75) is 19.4 Å². The molecular formula is C20H21N9OS. The summed E-state index contributed by atoms with van der Waals surface area (Å²) in [6, 6.07) is 1.49. The van der Waals surface area contributed by atoms with Crippen molar-refractivity contribution in [3.05, 3.63) is 36.2 Å². The molecule has 0 saturated heterocycles. The van der Waals surface area contributed by atoms with Crippen molar-refractivity contribution in [1.82, 2.24) is 34.5 Å². The second-order valence-electron chi connectivity index (χ2n) is 7.31. The molecule has 0 radical (unpaired) electrons. The van der Waals surface area contributed by atoms with Crippen LogP contribution in [0.5, 0.6) is 0 Å². The minimum absolute atomic E-state index is 0.0122. The van der Waals surface area contributed by atoms with Crippen molar-refractivity contribution in [1.29, 1.82) is 0 Å². The van der Waals surface area contributed by atoms with Gasteiger partial charge in [0, 0.05) is 45.0 Å². The van der Waals surface area contributed by atoms with Gasteiger partial charge in [-0.25, -0.2) is 15.0 Å². The fourth-order valence-corrected chi connectivity index (χ4v) is 4.59. The molecule has 0 spiro atoms. The van der Waals surface area contributed by atoms with Gasteiger partial charge in [0.05, 0.1) is 18.0 Å². The first-order valence-corrected chi connectivity index (χ1v) is 10.7. The van der Waals surface area contributed by atoms with Gasteiger partial charge in [-0.05, 0) is 6.42 Å². The number of carbonyl (C=O) groups excluding carboxylic acids is 1. The fourth-order valence-electron chi connectivity index (χ4n) is 3.86. The summed E-state index contributed by atoms with van der Waals surface area (Å²) in [6.07, 6.45) is 7.68. The minimum atomic E-state index is -0.400. The van der Waals surface area contributed by atoms with E-state index in [1.54, 1.807) is 39.9 Å². The van der Waals surface area contributed by atoms with E-state index in [9.17, 15) is 4.79 Å².